The smallest absolute Gasteiger partial charge is 0.133 e. The molecule has 1 N–H and O–H groups in total. The maximum absolute atomic E-state index is 4.64. The van der Waals surface area contributed by atoms with E-state index in [-0.39, 0.29) is 6.04 Å². The molecule has 3 aromatic rings. The zero-order valence-electron chi connectivity index (χ0n) is 14.9. The maximum Gasteiger partial charge on any atom is 0.133 e. The van der Waals surface area contributed by atoms with Gasteiger partial charge in [0, 0.05) is 23.9 Å². The van der Waals surface area contributed by atoms with Crippen molar-refractivity contribution < 1.29 is 0 Å². The fourth-order valence-electron chi connectivity index (χ4n) is 3.09. The van der Waals surface area contributed by atoms with Crippen molar-refractivity contribution in [1.82, 2.24) is 19.7 Å². The Morgan fingerprint density at radius 3 is 2.52 bits per heavy atom. The summed E-state index contributed by atoms with van der Waals surface area (Å²) < 4.78 is 1.98. The molecule has 1 aliphatic carbocycles. The van der Waals surface area contributed by atoms with Crippen molar-refractivity contribution >= 4 is 5.82 Å². The van der Waals surface area contributed by atoms with Crippen LogP contribution in [0.2, 0.25) is 0 Å². The van der Waals surface area contributed by atoms with Gasteiger partial charge < -0.3 is 5.32 Å². The first kappa shape index (κ1) is 15.8. The molecule has 0 spiro atoms. The molecular weight excluding hydrogens is 310 g/mol. The van der Waals surface area contributed by atoms with E-state index >= 15 is 0 Å². The summed E-state index contributed by atoms with van der Waals surface area (Å²) in [5.74, 6) is 2.43. The average Bonchev–Trinajstić information content (AvgIpc) is 3.40. The van der Waals surface area contributed by atoms with Gasteiger partial charge in [-0.15, -0.1) is 0 Å². The highest BCUT2D eigenvalue weighted by Crippen LogP contribution is 2.38. The van der Waals surface area contributed by atoms with Crippen molar-refractivity contribution in [3.63, 3.8) is 0 Å². The van der Waals surface area contributed by atoms with E-state index in [0.717, 1.165) is 28.7 Å². The molecule has 0 amide bonds. The minimum absolute atomic E-state index is 0.177. The molecule has 0 saturated heterocycles. The van der Waals surface area contributed by atoms with Crippen molar-refractivity contribution in [2.75, 3.05) is 5.32 Å². The lowest BCUT2D eigenvalue weighted by atomic mass is 10.1. The van der Waals surface area contributed by atoms with E-state index in [1.807, 2.05) is 23.9 Å². The van der Waals surface area contributed by atoms with Crippen molar-refractivity contribution in [3.8, 4) is 5.69 Å². The highest BCUT2D eigenvalue weighted by molar-refractivity contribution is 5.41. The number of rotatable bonds is 5. The molecule has 1 atom stereocenters. The summed E-state index contributed by atoms with van der Waals surface area (Å²) in [6.45, 7) is 6.24. The van der Waals surface area contributed by atoms with Crippen LogP contribution in [0.3, 0.4) is 0 Å². The lowest BCUT2D eigenvalue weighted by Gasteiger charge is -2.16. The van der Waals surface area contributed by atoms with Gasteiger partial charge in [-0.2, -0.15) is 5.10 Å². The third-order valence-corrected chi connectivity index (χ3v) is 4.63. The van der Waals surface area contributed by atoms with Gasteiger partial charge in [0.1, 0.15) is 11.6 Å². The van der Waals surface area contributed by atoms with E-state index in [2.05, 4.69) is 64.6 Å². The minimum Gasteiger partial charge on any atom is -0.363 e. The fourth-order valence-corrected chi connectivity index (χ4v) is 3.09. The fraction of sp³-hybridized carbons (Fsp3) is 0.350. The van der Waals surface area contributed by atoms with Gasteiger partial charge in [0.2, 0.25) is 0 Å². The van der Waals surface area contributed by atoms with Crippen molar-refractivity contribution in [3.05, 3.63) is 65.4 Å². The first-order valence-corrected chi connectivity index (χ1v) is 8.83. The second-order valence-electron chi connectivity index (χ2n) is 6.87. The molecule has 128 valence electrons. The number of hydrogen-bond acceptors (Lipinski definition) is 4. The molecule has 4 rings (SSSR count). The molecule has 5 heteroatoms. The number of aryl methyl sites for hydroxylation is 2. The molecule has 2 aromatic heterocycles. The number of benzene rings is 1. The van der Waals surface area contributed by atoms with Crippen LogP contribution in [0, 0.1) is 13.8 Å². The Balaban J connectivity index is 1.49. The Kier molecular flexibility index (Phi) is 3.99. The van der Waals surface area contributed by atoms with Gasteiger partial charge in [0.15, 0.2) is 0 Å². The summed E-state index contributed by atoms with van der Waals surface area (Å²) in [6.07, 6.45) is 4.28. The van der Waals surface area contributed by atoms with E-state index in [9.17, 15) is 0 Å². The zero-order valence-corrected chi connectivity index (χ0v) is 14.9. The summed E-state index contributed by atoms with van der Waals surface area (Å²) >= 11 is 0. The number of nitrogens with one attached hydrogen (secondary N) is 1. The van der Waals surface area contributed by atoms with Crippen LogP contribution in [0.4, 0.5) is 5.82 Å². The second-order valence-corrected chi connectivity index (χ2v) is 6.87. The standard InChI is InChI=1S/C20H23N5/c1-13-12-14(2)25(24-13)18-8-6-16(7-9-18)15(3)22-19-10-11-21-20(23-19)17-4-5-17/h6-12,15,17H,4-5H2,1-3H3,(H,21,22,23). The molecule has 2 heterocycles. The average molecular weight is 333 g/mol. The molecule has 1 aromatic carbocycles. The van der Waals surface area contributed by atoms with E-state index in [0.29, 0.717) is 5.92 Å². The minimum atomic E-state index is 0.177. The molecule has 0 aliphatic heterocycles. The Bertz CT molecular complexity index is 877. The predicted molar refractivity (Wildman–Crippen MR) is 99.1 cm³/mol. The van der Waals surface area contributed by atoms with Gasteiger partial charge in [-0.1, -0.05) is 12.1 Å². The Hall–Kier alpha value is -2.69. The van der Waals surface area contributed by atoms with Gasteiger partial charge in [-0.05, 0) is 63.4 Å². The Morgan fingerprint density at radius 1 is 1.12 bits per heavy atom. The second kappa shape index (κ2) is 6.31. The van der Waals surface area contributed by atoms with Crippen molar-refractivity contribution in [2.45, 2.75) is 45.6 Å². The topological polar surface area (TPSA) is 55.6 Å². The van der Waals surface area contributed by atoms with Crippen LogP contribution in [0.25, 0.3) is 5.69 Å². The van der Waals surface area contributed by atoms with E-state index in [4.69, 9.17) is 0 Å². The van der Waals surface area contributed by atoms with Crippen LogP contribution in [0.1, 0.15) is 54.5 Å². The summed E-state index contributed by atoms with van der Waals surface area (Å²) in [5, 5.41) is 8.02. The first-order chi connectivity index (χ1) is 12.1. The predicted octanol–water partition coefficient (Wildman–Crippen LogP) is 4.33. The largest absolute Gasteiger partial charge is 0.363 e. The summed E-state index contributed by atoms with van der Waals surface area (Å²) in [4.78, 5) is 9.02. The number of anilines is 1. The lowest BCUT2D eigenvalue weighted by Crippen LogP contribution is -2.09. The van der Waals surface area contributed by atoms with Crippen LogP contribution in [-0.4, -0.2) is 19.7 Å². The first-order valence-electron chi connectivity index (χ1n) is 8.83. The Labute approximate surface area is 148 Å². The third kappa shape index (κ3) is 3.40. The number of hydrogen-bond donors (Lipinski definition) is 1. The third-order valence-electron chi connectivity index (χ3n) is 4.63. The quantitative estimate of drug-likeness (QED) is 0.755. The summed E-state index contributed by atoms with van der Waals surface area (Å²) in [7, 11) is 0. The molecule has 1 fully saturated rings. The molecular formula is C20H23N5. The molecule has 0 bridgehead atoms. The zero-order chi connectivity index (χ0) is 17.4. The SMILES string of the molecule is Cc1cc(C)n(-c2ccc(C(C)Nc3ccnc(C4CC4)n3)cc2)n1. The van der Waals surface area contributed by atoms with Crippen LogP contribution in [0.5, 0.6) is 0 Å². The molecule has 1 unspecified atom stereocenters. The van der Waals surface area contributed by atoms with E-state index in [1.54, 1.807) is 0 Å². The summed E-state index contributed by atoms with van der Waals surface area (Å²) in [5.41, 5.74) is 4.48. The normalized spacial score (nSPS) is 15.2. The monoisotopic (exact) mass is 333 g/mol. The molecule has 0 radical (unpaired) electrons. The van der Waals surface area contributed by atoms with Crippen LogP contribution in [-0.2, 0) is 0 Å². The lowest BCUT2D eigenvalue weighted by molar-refractivity contribution is 0.826. The van der Waals surface area contributed by atoms with Gasteiger partial charge in [-0.3, -0.25) is 0 Å². The van der Waals surface area contributed by atoms with Crippen molar-refractivity contribution in [1.29, 1.82) is 0 Å². The van der Waals surface area contributed by atoms with Crippen LogP contribution < -0.4 is 5.32 Å². The number of aromatic nitrogens is 4. The molecule has 1 saturated carbocycles. The molecule has 5 nitrogen and oxygen atoms in total. The highest BCUT2D eigenvalue weighted by atomic mass is 15.3. The van der Waals surface area contributed by atoms with Gasteiger partial charge in [0.25, 0.3) is 0 Å². The van der Waals surface area contributed by atoms with Crippen LogP contribution >= 0.6 is 0 Å². The Morgan fingerprint density at radius 2 is 1.88 bits per heavy atom. The van der Waals surface area contributed by atoms with Gasteiger partial charge in [-0.25, -0.2) is 14.6 Å². The van der Waals surface area contributed by atoms with E-state index < -0.39 is 0 Å². The van der Waals surface area contributed by atoms with Crippen LogP contribution in [0.15, 0.2) is 42.6 Å². The van der Waals surface area contributed by atoms with Gasteiger partial charge in [0.05, 0.1) is 11.4 Å². The molecule has 25 heavy (non-hydrogen) atoms. The van der Waals surface area contributed by atoms with Gasteiger partial charge >= 0.3 is 0 Å². The molecule has 1 aliphatic rings. The van der Waals surface area contributed by atoms with E-state index in [1.165, 1.54) is 18.4 Å². The van der Waals surface area contributed by atoms with Crippen molar-refractivity contribution in [2.24, 2.45) is 0 Å². The summed E-state index contributed by atoms with van der Waals surface area (Å²) in [6, 6.07) is 12.7. The highest BCUT2D eigenvalue weighted by Gasteiger charge is 2.26. The number of nitrogens with zero attached hydrogens (tertiary/aromatic N) is 4. The maximum atomic E-state index is 4.64.